The molecule has 0 aliphatic rings. The smallest absolute Gasteiger partial charge is 0.164 e. The first-order valence-electron chi connectivity index (χ1n) is 5.38. The Morgan fingerprint density at radius 2 is 1.07 bits per heavy atom. The molecule has 2 nitrogen and oxygen atoms in total. The van der Waals surface area contributed by atoms with E-state index in [0.717, 1.165) is 5.16 Å². The molecule has 0 unspecified atom stereocenters. The Morgan fingerprint density at radius 3 is 1.29 bits per heavy atom. The second kappa shape index (κ2) is 5.44. The Morgan fingerprint density at radius 1 is 0.786 bits per heavy atom. The van der Waals surface area contributed by atoms with E-state index in [-0.39, 0.29) is 11.2 Å². The Bertz CT molecular complexity index is 140. The van der Waals surface area contributed by atoms with E-state index < -0.39 is 19.5 Å². The largest absolute Gasteiger partial charge is 0.419 e. The Hall–Kier alpha value is 0.354. The molecule has 0 aliphatic heterocycles. The van der Waals surface area contributed by atoms with Crippen LogP contribution in [0.15, 0.2) is 0 Å². The third-order valence-electron chi connectivity index (χ3n) is 1.60. The van der Waals surface area contributed by atoms with Gasteiger partial charge in [-0.05, 0) is 46.7 Å². The summed E-state index contributed by atoms with van der Waals surface area (Å²) < 4.78 is 11.7. The zero-order valence-electron chi connectivity index (χ0n) is 10.8. The second-order valence-corrected chi connectivity index (χ2v) is 11.1. The highest BCUT2D eigenvalue weighted by Crippen LogP contribution is 2.13. The Balaban J connectivity index is 3.62. The lowest BCUT2D eigenvalue weighted by atomic mass is 10.2. The van der Waals surface area contributed by atoms with Gasteiger partial charge in [0.05, 0.1) is 0 Å². The van der Waals surface area contributed by atoms with Gasteiger partial charge < -0.3 is 8.85 Å². The number of hydrogen-bond donors (Lipinski definition) is 0. The van der Waals surface area contributed by atoms with Crippen molar-refractivity contribution in [3.63, 3.8) is 0 Å². The lowest BCUT2D eigenvalue weighted by Crippen LogP contribution is -2.29. The van der Waals surface area contributed by atoms with Crippen LogP contribution in [-0.2, 0) is 8.85 Å². The summed E-state index contributed by atoms with van der Waals surface area (Å²) in [5, 5.41) is 0.730. The van der Waals surface area contributed by atoms with Crippen molar-refractivity contribution >= 4 is 19.5 Å². The standard InChI is InChI=1S/C10H26O2Si2/c1-8(13-11-9(2,3)4)14-12-10(5,6)7/h8H,13-14H2,1-7H3. The van der Waals surface area contributed by atoms with Crippen LogP contribution in [0.25, 0.3) is 0 Å². The fourth-order valence-corrected chi connectivity index (χ4v) is 3.49. The molecule has 0 aliphatic carbocycles. The van der Waals surface area contributed by atoms with Crippen LogP contribution in [0.5, 0.6) is 0 Å². The van der Waals surface area contributed by atoms with Crippen LogP contribution in [0.4, 0.5) is 0 Å². The molecular weight excluding hydrogens is 208 g/mol. The summed E-state index contributed by atoms with van der Waals surface area (Å²) in [5.41, 5.74) is 0.0766. The number of rotatable bonds is 4. The minimum absolute atomic E-state index is 0.0383. The fourth-order valence-electron chi connectivity index (χ4n) is 0.833. The molecule has 0 bridgehead atoms. The molecule has 0 aromatic carbocycles. The van der Waals surface area contributed by atoms with Gasteiger partial charge in [0, 0.05) is 11.2 Å². The molecule has 0 saturated carbocycles. The van der Waals surface area contributed by atoms with E-state index >= 15 is 0 Å². The minimum Gasteiger partial charge on any atom is -0.419 e. The maximum atomic E-state index is 5.85. The third-order valence-corrected chi connectivity index (χ3v) is 6.22. The highest BCUT2D eigenvalue weighted by Gasteiger charge is 2.16. The van der Waals surface area contributed by atoms with Crippen LogP contribution in [0.2, 0.25) is 5.16 Å². The maximum Gasteiger partial charge on any atom is 0.164 e. The minimum atomic E-state index is -0.401. The van der Waals surface area contributed by atoms with Crippen molar-refractivity contribution < 1.29 is 8.85 Å². The van der Waals surface area contributed by atoms with Crippen molar-refractivity contribution in [1.29, 1.82) is 0 Å². The summed E-state index contributed by atoms with van der Waals surface area (Å²) in [7, 11) is -0.801. The Labute approximate surface area is 93.6 Å². The molecule has 0 N–H and O–H groups in total. The first kappa shape index (κ1) is 14.4. The van der Waals surface area contributed by atoms with Crippen LogP contribution in [0.1, 0.15) is 48.5 Å². The number of hydrogen-bond acceptors (Lipinski definition) is 2. The molecule has 0 saturated heterocycles. The van der Waals surface area contributed by atoms with E-state index in [1.807, 2.05) is 0 Å². The van der Waals surface area contributed by atoms with Gasteiger partial charge in [0.25, 0.3) is 0 Å². The second-order valence-electron chi connectivity index (χ2n) is 5.95. The first-order valence-corrected chi connectivity index (χ1v) is 8.17. The molecule has 0 heterocycles. The van der Waals surface area contributed by atoms with E-state index in [4.69, 9.17) is 8.85 Å². The van der Waals surface area contributed by atoms with Gasteiger partial charge in [-0.3, -0.25) is 0 Å². The zero-order valence-corrected chi connectivity index (χ0v) is 13.6. The molecule has 4 heteroatoms. The van der Waals surface area contributed by atoms with Gasteiger partial charge in [-0.1, -0.05) is 6.92 Å². The average Bonchev–Trinajstić information content (AvgIpc) is 1.94. The molecule has 0 atom stereocenters. The van der Waals surface area contributed by atoms with Crippen LogP contribution >= 0.6 is 0 Å². The van der Waals surface area contributed by atoms with Gasteiger partial charge in [-0.15, -0.1) is 0 Å². The lowest BCUT2D eigenvalue weighted by Gasteiger charge is -2.25. The van der Waals surface area contributed by atoms with E-state index in [1.165, 1.54) is 0 Å². The predicted molar refractivity (Wildman–Crippen MR) is 68.2 cm³/mol. The highest BCUT2D eigenvalue weighted by molar-refractivity contribution is 6.51. The molecule has 14 heavy (non-hydrogen) atoms. The SMILES string of the molecule is CC([SiH2]OC(C)(C)C)[SiH2]OC(C)(C)C. The van der Waals surface area contributed by atoms with Gasteiger partial charge >= 0.3 is 0 Å². The van der Waals surface area contributed by atoms with Gasteiger partial charge in [0.15, 0.2) is 19.5 Å². The molecule has 86 valence electrons. The molecule has 0 spiro atoms. The first-order chi connectivity index (χ1) is 6.10. The fraction of sp³-hybridized carbons (Fsp3) is 1.00. The molecular formula is C10H26O2Si2. The van der Waals surface area contributed by atoms with E-state index in [2.05, 4.69) is 48.5 Å². The average molecular weight is 234 g/mol. The zero-order chi connectivity index (χ0) is 11.4. The normalized spacial score (nSPS) is 17.4. The van der Waals surface area contributed by atoms with Crippen LogP contribution in [-0.4, -0.2) is 30.7 Å². The van der Waals surface area contributed by atoms with E-state index in [1.54, 1.807) is 0 Å². The lowest BCUT2D eigenvalue weighted by molar-refractivity contribution is 0.129. The molecule has 0 fully saturated rings. The summed E-state index contributed by atoms with van der Waals surface area (Å²) in [6.07, 6.45) is 0. The van der Waals surface area contributed by atoms with Crippen molar-refractivity contribution in [3.05, 3.63) is 0 Å². The van der Waals surface area contributed by atoms with Crippen molar-refractivity contribution in [1.82, 2.24) is 0 Å². The molecule has 0 amide bonds. The Kier molecular flexibility index (Phi) is 5.58. The summed E-state index contributed by atoms with van der Waals surface area (Å²) in [6, 6.07) is 0. The van der Waals surface area contributed by atoms with Crippen molar-refractivity contribution in [2.45, 2.75) is 64.8 Å². The quantitative estimate of drug-likeness (QED) is 0.687. The monoisotopic (exact) mass is 234 g/mol. The van der Waals surface area contributed by atoms with Crippen molar-refractivity contribution in [2.24, 2.45) is 0 Å². The van der Waals surface area contributed by atoms with Crippen LogP contribution in [0.3, 0.4) is 0 Å². The van der Waals surface area contributed by atoms with Gasteiger partial charge in [0.2, 0.25) is 0 Å². The van der Waals surface area contributed by atoms with Crippen molar-refractivity contribution in [2.75, 3.05) is 0 Å². The van der Waals surface area contributed by atoms with Gasteiger partial charge in [0.1, 0.15) is 0 Å². The summed E-state index contributed by atoms with van der Waals surface area (Å²) in [6.45, 7) is 15.0. The molecule has 0 rings (SSSR count). The highest BCUT2D eigenvalue weighted by atomic mass is 28.3. The third kappa shape index (κ3) is 10.4. The van der Waals surface area contributed by atoms with Gasteiger partial charge in [-0.2, -0.15) is 0 Å². The van der Waals surface area contributed by atoms with E-state index in [0.29, 0.717) is 0 Å². The predicted octanol–water partition coefficient (Wildman–Crippen LogP) is 1.55. The van der Waals surface area contributed by atoms with Crippen molar-refractivity contribution in [3.8, 4) is 0 Å². The van der Waals surface area contributed by atoms with Crippen LogP contribution in [0, 0.1) is 0 Å². The molecule has 0 aromatic rings. The summed E-state index contributed by atoms with van der Waals surface area (Å²) >= 11 is 0. The van der Waals surface area contributed by atoms with E-state index in [9.17, 15) is 0 Å². The maximum absolute atomic E-state index is 5.85. The molecule has 0 radical (unpaired) electrons. The van der Waals surface area contributed by atoms with Crippen LogP contribution < -0.4 is 0 Å². The molecule has 0 aromatic heterocycles. The summed E-state index contributed by atoms with van der Waals surface area (Å²) in [4.78, 5) is 0. The topological polar surface area (TPSA) is 18.5 Å². The summed E-state index contributed by atoms with van der Waals surface area (Å²) in [5.74, 6) is 0. The van der Waals surface area contributed by atoms with Gasteiger partial charge in [-0.25, -0.2) is 0 Å².